The fourth-order valence-electron chi connectivity index (χ4n) is 3.42. The Morgan fingerprint density at radius 2 is 1.89 bits per heavy atom. The number of phenolic OH excluding ortho intramolecular Hbond substituents is 2. The van der Waals surface area contributed by atoms with Crippen molar-refractivity contribution in [1.29, 1.82) is 0 Å². The van der Waals surface area contributed by atoms with E-state index in [1.807, 2.05) is 13.8 Å². The first-order valence-corrected chi connectivity index (χ1v) is 8.76. The summed E-state index contributed by atoms with van der Waals surface area (Å²) in [6.45, 7) is 3.73. The molecule has 28 heavy (non-hydrogen) atoms. The molecule has 0 saturated heterocycles. The van der Waals surface area contributed by atoms with Crippen LogP contribution in [0.4, 0.5) is 0 Å². The van der Waals surface area contributed by atoms with E-state index in [9.17, 15) is 20.1 Å². The van der Waals surface area contributed by atoms with Gasteiger partial charge in [-0.1, -0.05) is 6.07 Å². The molecule has 2 aliphatic heterocycles. The van der Waals surface area contributed by atoms with E-state index < -0.39 is 23.6 Å². The first-order chi connectivity index (χ1) is 13.2. The van der Waals surface area contributed by atoms with Crippen molar-refractivity contribution in [3.05, 3.63) is 47.0 Å². The van der Waals surface area contributed by atoms with Gasteiger partial charge in [0.05, 0.1) is 12.7 Å². The molecule has 146 valence electrons. The van der Waals surface area contributed by atoms with Crippen molar-refractivity contribution in [2.45, 2.75) is 31.7 Å². The molecular formula is C21H20O7. The highest BCUT2D eigenvalue weighted by atomic mass is 16.5. The van der Waals surface area contributed by atoms with Gasteiger partial charge >= 0.3 is 0 Å². The van der Waals surface area contributed by atoms with Gasteiger partial charge in [-0.05, 0) is 43.7 Å². The number of aliphatic hydroxyl groups is 1. The zero-order valence-electron chi connectivity index (χ0n) is 15.6. The SMILES string of the molecule is COc1cc([C@@H]2Oc3cc4c(c(O)c3C(=O)[C@H]2O)C=CC(C)(C)O4)ccc1O. The Hall–Kier alpha value is -3.19. The molecular weight excluding hydrogens is 364 g/mol. The number of methoxy groups -OCH3 is 1. The molecule has 0 unspecified atom stereocenters. The fourth-order valence-corrected chi connectivity index (χ4v) is 3.42. The monoisotopic (exact) mass is 384 g/mol. The summed E-state index contributed by atoms with van der Waals surface area (Å²) in [6, 6.07) is 5.96. The van der Waals surface area contributed by atoms with E-state index in [0.717, 1.165) is 0 Å². The molecule has 2 aromatic rings. The quantitative estimate of drug-likeness (QED) is 0.731. The number of rotatable bonds is 2. The summed E-state index contributed by atoms with van der Waals surface area (Å²) in [6.07, 6.45) is 0.900. The number of Topliss-reactive ketones (excluding diaryl/α,β-unsaturated/α-hetero) is 1. The van der Waals surface area contributed by atoms with Crippen LogP contribution in [-0.2, 0) is 0 Å². The molecule has 0 amide bonds. The number of hydrogen-bond donors (Lipinski definition) is 3. The molecule has 0 aromatic heterocycles. The number of ketones is 1. The van der Waals surface area contributed by atoms with E-state index in [-0.39, 0.29) is 28.6 Å². The number of aliphatic hydroxyl groups excluding tert-OH is 1. The second-order valence-electron chi connectivity index (χ2n) is 7.33. The fraction of sp³-hybridized carbons (Fsp3) is 0.286. The van der Waals surface area contributed by atoms with E-state index in [1.165, 1.54) is 25.3 Å². The molecule has 0 spiro atoms. The van der Waals surface area contributed by atoms with Gasteiger partial charge < -0.3 is 29.5 Å². The largest absolute Gasteiger partial charge is 0.506 e. The summed E-state index contributed by atoms with van der Waals surface area (Å²) < 4.78 is 16.8. The van der Waals surface area contributed by atoms with Crippen LogP contribution >= 0.6 is 0 Å². The molecule has 2 heterocycles. The van der Waals surface area contributed by atoms with E-state index >= 15 is 0 Å². The van der Waals surface area contributed by atoms with Crippen molar-refractivity contribution < 1.29 is 34.3 Å². The summed E-state index contributed by atoms with van der Waals surface area (Å²) in [7, 11) is 1.40. The Balaban J connectivity index is 1.81. The van der Waals surface area contributed by atoms with E-state index in [1.54, 1.807) is 18.2 Å². The highest BCUT2D eigenvalue weighted by molar-refractivity contribution is 6.06. The van der Waals surface area contributed by atoms with Crippen molar-refractivity contribution in [3.8, 4) is 28.7 Å². The number of ether oxygens (including phenoxy) is 3. The second kappa shape index (κ2) is 6.17. The number of carbonyl (C=O) groups is 1. The van der Waals surface area contributed by atoms with Gasteiger partial charge in [0.1, 0.15) is 28.4 Å². The molecule has 0 fully saturated rings. The lowest BCUT2D eigenvalue weighted by Gasteiger charge is -2.33. The number of carbonyl (C=O) groups excluding carboxylic acids is 1. The number of aromatic hydroxyl groups is 2. The predicted molar refractivity (Wildman–Crippen MR) is 100 cm³/mol. The number of phenols is 2. The van der Waals surface area contributed by atoms with Crippen LogP contribution in [0.2, 0.25) is 0 Å². The summed E-state index contributed by atoms with van der Waals surface area (Å²) in [4.78, 5) is 12.8. The first kappa shape index (κ1) is 18.2. The number of benzene rings is 2. The van der Waals surface area contributed by atoms with Crippen LogP contribution in [0.3, 0.4) is 0 Å². The minimum atomic E-state index is -1.53. The minimum Gasteiger partial charge on any atom is -0.506 e. The van der Waals surface area contributed by atoms with Crippen molar-refractivity contribution in [3.63, 3.8) is 0 Å². The van der Waals surface area contributed by atoms with Gasteiger partial charge in [0.15, 0.2) is 23.7 Å². The molecule has 0 aliphatic carbocycles. The van der Waals surface area contributed by atoms with Gasteiger partial charge in [0, 0.05) is 6.07 Å². The Labute approximate surface area is 161 Å². The molecule has 2 aliphatic rings. The van der Waals surface area contributed by atoms with Crippen LogP contribution in [0, 0.1) is 0 Å². The maximum atomic E-state index is 12.8. The molecule has 0 radical (unpaired) electrons. The van der Waals surface area contributed by atoms with Crippen LogP contribution in [0.5, 0.6) is 28.7 Å². The van der Waals surface area contributed by atoms with Crippen molar-refractivity contribution >= 4 is 11.9 Å². The van der Waals surface area contributed by atoms with Crippen molar-refractivity contribution in [1.82, 2.24) is 0 Å². The van der Waals surface area contributed by atoms with Crippen LogP contribution in [0.25, 0.3) is 6.08 Å². The van der Waals surface area contributed by atoms with Crippen molar-refractivity contribution in [2.24, 2.45) is 0 Å². The molecule has 3 N–H and O–H groups in total. The van der Waals surface area contributed by atoms with Crippen LogP contribution < -0.4 is 14.2 Å². The molecule has 7 heteroatoms. The summed E-state index contributed by atoms with van der Waals surface area (Å²) in [5, 5.41) is 30.9. The van der Waals surface area contributed by atoms with E-state index in [2.05, 4.69) is 0 Å². The molecule has 0 bridgehead atoms. The maximum Gasteiger partial charge on any atom is 0.202 e. The lowest BCUT2D eigenvalue weighted by molar-refractivity contribution is 0.0208. The standard InChI is InChI=1S/C21H20O7/c1-21(2)7-6-11-13(28-21)9-15-16(17(11)23)18(24)19(25)20(27-15)10-4-5-12(22)14(8-10)26-3/h4-9,19-20,22-23,25H,1-3H3/t19-,20+/m1/s1. The highest BCUT2D eigenvalue weighted by Gasteiger charge is 2.41. The Kier molecular flexibility index (Phi) is 4.01. The molecule has 0 saturated carbocycles. The van der Waals surface area contributed by atoms with Gasteiger partial charge in [-0.15, -0.1) is 0 Å². The minimum absolute atomic E-state index is 0.0718. The van der Waals surface area contributed by atoms with Gasteiger partial charge in [0.2, 0.25) is 5.78 Å². The number of fused-ring (bicyclic) bond motifs is 2. The molecule has 2 atom stereocenters. The van der Waals surface area contributed by atoms with Crippen molar-refractivity contribution in [2.75, 3.05) is 7.11 Å². The van der Waals surface area contributed by atoms with Crippen LogP contribution in [0.1, 0.15) is 41.4 Å². The number of hydrogen-bond acceptors (Lipinski definition) is 7. The average molecular weight is 384 g/mol. The summed E-state index contributed by atoms with van der Waals surface area (Å²) >= 11 is 0. The summed E-state index contributed by atoms with van der Waals surface area (Å²) in [5.74, 6) is -0.320. The van der Waals surface area contributed by atoms with Gasteiger partial charge in [-0.2, -0.15) is 0 Å². The molecule has 4 rings (SSSR count). The smallest absolute Gasteiger partial charge is 0.202 e. The van der Waals surface area contributed by atoms with Crippen LogP contribution in [-0.4, -0.2) is 39.9 Å². The Morgan fingerprint density at radius 1 is 1.14 bits per heavy atom. The maximum absolute atomic E-state index is 12.8. The lowest BCUT2D eigenvalue weighted by Crippen LogP contribution is -2.36. The second-order valence-corrected chi connectivity index (χ2v) is 7.33. The third kappa shape index (κ3) is 2.75. The van der Waals surface area contributed by atoms with Gasteiger partial charge in [-0.25, -0.2) is 0 Å². The van der Waals surface area contributed by atoms with Gasteiger partial charge in [0.25, 0.3) is 0 Å². The predicted octanol–water partition coefficient (Wildman–Crippen LogP) is 2.97. The topological polar surface area (TPSA) is 105 Å². The van der Waals surface area contributed by atoms with E-state index in [0.29, 0.717) is 16.9 Å². The zero-order valence-corrected chi connectivity index (χ0v) is 15.6. The Bertz CT molecular complexity index is 1010. The molecule has 7 nitrogen and oxygen atoms in total. The normalized spacial score (nSPS) is 21.9. The molecule has 2 aromatic carbocycles. The Morgan fingerprint density at radius 3 is 2.61 bits per heavy atom. The zero-order chi connectivity index (χ0) is 20.2. The van der Waals surface area contributed by atoms with Crippen LogP contribution in [0.15, 0.2) is 30.3 Å². The third-order valence-corrected chi connectivity index (χ3v) is 4.88. The van der Waals surface area contributed by atoms with E-state index in [4.69, 9.17) is 14.2 Å². The first-order valence-electron chi connectivity index (χ1n) is 8.76. The third-order valence-electron chi connectivity index (χ3n) is 4.88. The summed E-state index contributed by atoms with van der Waals surface area (Å²) in [5.41, 5.74) is 0.156. The van der Waals surface area contributed by atoms with Gasteiger partial charge in [-0.3, -0.25) is 4.79 Å². The highest BCUT2D eigenvalue weighted by Crippen LogP contribution is 2.48. The average Bonchev–Trinajstić information content (AvgIpc) is 2.64. The lowest BCUT2D eigenvalue weighted by atomic mass is 9.90.